The summed E-state index contributed by atoms with van der Waals surface area (Å²) in [6.45, 7) is 5.95. The van der Waals surface area contributed by atoms with Crippen molar-refractivity contribution in [1.82, 2.24) is 15.2 Å². The van der Waals surface area contributed by atoms with Crippen molar-refractivity contribution in [3.8, 4) is 0 Å². The summed E-state index contributed by atoms with van der Waals surface area (Å²) in [4.78, 5) is 30.2. The fraction of sp³-hybridized carbons (Fsp3) is 0.562. The number of aromatic nitrogens is 1. The average molecular weight is 337 g/mol. The van der Waals surface area contributed by atoms with Crippen LogP contribution in [0.4, 0.5) is 4.79 Å². The van der Waals surface area contributed by atoms with Gasteiger partial charge in [0.05, 0.1) is 5.88 Å². The standard InChI is InChI=1S/C16H23N3O3S/c1-16(2,3)22-15(21)19-11-23-10-13(19)14(20)18-9-7-12-6-4-5-8-17-12/h4-6,8,13H,7,9-11H2,1-3H3,(H,18,20)/t13-/m1/s1. The second-order valence-electron chi connectivity index (χ2n) is 6.33. The minimum Gasteiger partial charge on any atom is -0.444 e. The molecule has 2 heterocycles. The first-order valence-corrected chi connectivity index (χ1v) is 8.77. The summed E-state index contributed by atoms with van der Waals surface area (Å²) < 4.78 is 5.36. The fourth-order valence-electron chi connectivity index (χ4n) is 2.14. The Bertz CT molecular complexity index is 545. The third-order valence-corrected chi connectivity index (χ3v) is 4.23. The molecule has 2 amide bonds. The van der Waals surface area contributed by atoms with E-state index in [0.29, 0.717) is 24.6 Å². The van der Waals surface area contributed by atoms with Crippen LogP contribution in [0.2, 0.25) is 0 Å². The van der Waals surface area contributed by atoms with E-state index < -0.39 is 17.7 Å². The molecule has 0 aromatic carbocycles. The van der Waals surface area contributed by atoms with Gasteiger partial charge in [-0.05, 0) is 32.9 Å². The lowest BCUT2D eigenvalue weighted by atomic mass is 10.2. The summed E-state index contributed by atoms with van der Waals surface area (Å²) in [6.07, 6.45) is 1.96. The molecule has 2 rings (SSSR count). The summed E-state index contributed by atoms with van der Waals surface area (Å²) in [5.41, 5.74) is 0.363. The Morgan fingerprint density at radius 1 is 1.43 bits per heavy atom. The molecule has 0 unspecified atom stereocenters. The largest absolute Gasteiger partial charge is 0.444 e. The molecule has 1 aromatic heterocycles. The summed E-state index contributed by atoms with van der Waals surface area (Å²) >= 11 is 1.55. The van der Waals surface area contributed by atoms with Crippen LogP contribution in [0, 0.1) is 0 Å². The number of pyridine rings is 1. The quantitative estimate of drug-likeness (QED) is 0.910. The van der Waals surface area contributed by atoms with Gasteiger partial charge in [0.2, 0.25) is 5.91 Å². The third kappa shape index (κ3) is 5.42. The lowest BCUT2D eigenvalue weighted by Crippen LogP contribution is -2.49. The van der Waals surface area contributed by atoms with E-state index >= 15 is 0 Å². The molecule has 6 nitrogen and oxygen atoms in total. The zero-order chi connectivity index (χ0) is 16.9. The van der Waals surface area contributed by atoms with Crippen LogP contribution >= 0.6 is 11.8 Å². The number of rotatable bonds is 4. The van der Waals surface area contributed by atoms with Gasteiger partial charge < -0.3 is 10.1 Å². The monoisotopic (exact) mass is 337 g/mol. The van der Waals surface area contributed by atoms with Gasteiger partial charge in [0.25, 0.3) is 0 Å². The number of nitrogens with one attached hydrogen (secondary N) is 1. The summed E-state index contributed by atoms with van der Waals surface area (Å²) in [7, 11) is 0. The second kappa shape index (κ2) is 7.68. The van der Waals surface area contributed by atoms with Gasteiger partial charge in [-0.2, -0.15) is 0 Å². The molecule has 1 aliphatic rings. The minimum atomic E-state index is -0.565. The molecule has 1 aromatic rings. The van der Waals surface area contributed by atoms with E-state index in [0.717, 1.165) is 5.69 Å². The van der Waals surface area contributed by atoms with E-state index in [1.165, 1.54) is 4.90 Å². The van der Waals surface area contributed by atoms with Crippen molar-refractivity contribution >= 4 is 23.8 Å². The molecule has 1 atom stereocenters. The summed E-state index contributed by atoms with van der Waals surface area (Å²) in [5.74, 6) is 0.929. The first-order valence-electron chi connectivity index (χ1n) is 7.62. The molecule has 7 heteroatoms. The first-order chi connectivity index (χ1) is 10.9. The molecular formula is C16H23N3O3S. The van der Waals surface area contributed by atoms with Crippen molar-refractivity contribution in [2.75, 3.05) is 18.2 Å². The smallest absolute Gasteiger partial charge is 0.411 e. The number of hydrogen-bond donors (Lipinski definition) is 1. The first kappa shape index (κ1) is 17.6. The van der Waals surface area contributed by atoms with Gasteiger partial charge in [0, 0.05) is 30.6 Å². The van der Waals surface area contributed by atoms with Crippen molar-refractivity contribution in [2.24, 2.45) is 0 Å². The molecule has 1 aliphatic heterocycles. The molecule has 0 saturated carbocycles. The Hall–Kier alpha value is -1.76. The number of nitrogens with zero attached hydrogens (tertiary/aromatic N) is 2. The zero-order valence-corrected chi connectivity index (χ0v) is 14.6. The number of hydrogen-bond acceptors (Lipinski definition) is 5. The normalized spacial score (nSPS) is 17.9. The van der Waals surface area contributed by atoms with Crippen LogP contribution in [0.25, 0.3) is 0 Å². The highest BCUT2D eigenvalue weighted by molar-refractivity contribution is 7.99. The lowest BCUT2D eigenvalue weighted by molar-refractivity contribution is -0.125. The molecular weight excluding hydrogens is 314 g/mol. The van der Waals surface area contributed by atoms with E-state index in [9.17, 15) is 9.59 Å². The molecule has 1 saturated heterocycles. The Kier molecular flexibility index (Phi) is 5.87. The van der Waals surface area contributed by atoms with Crippen molar-refractivity contribution in [3.63, 3.8) is 0 Å². The molecule has 0 radical (unpaired) electrons. The van der Waals surface area contributed by atoms with Gasteiger partial charge in [-0.1, -0.05) is 6.07 Å². The number of carbonyl (C=O) groups excluding carboxylic acids is 2. The topological polar surface area (TPSA) is 71.5 Å². The molecule has 23 heavy (non-hydrogen) atoms. The van der Waals surface area contributed by atoms with Crippen molar-refractivity contribution < 1.29 is 14.3 Å². The molecule has 0 bridgehead atoms. The highest BCUT2D eigenvalue weighted by Gasteiger charge is 2.36. The maximum atomic E-state index is 12.3. The van der Waals surface area contributed by atoms with Gasteiger partial charge in [0.15, 0.2) is 0 Å². The van der Waals surface area contributed by atoms with Gasteiger partial charge >= 0.3 is 6.09 Å². The number of carbonyl (C=O) groups is 2. The number of thioether (sulfide) groups is 1. The zero-order valence-electron chi connectivity index (χ0n) is 13.7. The van der Waals surface area contributed by atoms with Crippen LogP contribution in [0.1, 0.15) is 26.5 Å². The Morgan fingerprint density at radius 2 is 2.22 bits per heavy atom. The lowest BCUT2D eigenvalue weighted by Gasteiger charge is -2.27. The highest BCUT2D eigenvalue weighted by atomic mass is 32.2. The Morgan fingerprint density at radius 3 is 2.87 bits per heavy atom. The fourth-order valence-corrected chi connectivity index (χ4v) is 3.28. The van der Waals surface area contributed by atoms with E-state index in [2.05, 4.69) is 10.3 Å². The Labute approximate surface area is 141 Å². The second-order valence-corrected chi connectivity index (χ2v) is 7.33. The van der Waals surface area contributed by atoms with Gasteiger partial charge in [-0.25, -0.2) is 4.79 Å². The van der Waals surface area contributed by atoms with Crippen LogP contribution in [0.5, 0.6) is 0 Å². The van der Waals surface area contributed by atoms with E-state index in [-0.39, 0.29) is 5.91 Å². The van der Waals surface area contributed by atoms with Crippen molar-refractivity contribution in [1.29, 1.82) is 0 Å². The predicted octanol–water partition coefficient (Wildman–Crippen LogP) is 2.05. The average Bonchev–Trinajstić information content (AvgIpc) is 2.96. The van der Waals surface area contributed by atoms with Gasteiger partial charge in [-0.15, -0.1) is 11.8 Å². The van der Waals surface area contributed by atoms with E-state index in [4.69, 9.17) is 4.74 Å². The molecule has 1 N–H and O–H groups in total. The molecule has 0 aliphatic carbocycles. The van der Waals surface area contributed by atoms with E-state index in [1.54, 1.807) is 18.0 Å². The van der Waals surface area contributed by atoms with Crippen LogP contribution in [-0.4, -0.2) is 51.7 Å². The molecule has 0 spiro atoms. The summed E-state index contributed by atoms with van der Waals surface area (Å²) in [6, 6.07) is 5.22. The highest BCUT2D eigenvalue weighted by Crippen LogP contribution is 2.23. The third-order valence-electron chi connectivity index (χ3n) is 3.22. The molecule has 1 fully saturated rings. The number of ether oxygens (including phenoxy) is 1. The predicted molar refractivity (Wildman–Crippen MR) is 90.1 cm³/mol. The van der Waals surface area contributed by atoms with Crippen molar-refractivity contribution in [3.05, 3.63) is 30.1 Å². The SMILES string of the molecule is CC(C)(C)OC(=O)N1CSC[C@@H]1C(=O)NCCc1ccccn1. The number of amides is 2. The maximum absolute atomic E-state index is 12.3. The molecule has 126 valence electrons. The Balaban J connectivity index is 1.84. The van der Waals surface area contributed by atoms with E-state index in [1.807, 2.05) is 39.0 Å². The maximum Gasteiger partial charge on any atom is 0.411 e. The van der Waals surface area contributed by atoms with Crippen LogP contribution in [-0.2, 0) is 16.0 Å². The van der Waals surface area contributed by atoms with Crippen LogP contribution < -0.4 is 5.32 Å². The van der Waals surface area contributed by atoms with Crippen LogP contribution in [0.15, 0.2) is 24.4 Å². The minimum absolute atomic E-state index is 0.142. The van der Waals surface area contributed by atoms with Gasteiger partial charge in [0.1, 0.15) is 11.6 Å². The van der Waals surface area contributed by atoms with Gasteiger partial charge in [-0.3, -0.25) is 14.7 Å². The van der Waals surface area contributed by atoms with Crippen LogP contribution in [0.3, 0.4) is 0 Å². The summed E-state index contributed by atoms with van der Waals surface area (Å²) in [5, 5.41) is 2.88. The van der Waals surface area contributed by atoms with Crippen molar-refractivity contribution in [2.45, 2.75) is 38.8 Å².